The van der Waals surface area contributed by atoms with Crippen LogP contribution >= 0.6 is 0 Å². The van der Waals surface area contributed by atoms with E-state index in [1.165, 1.54) is 9.45 Å². The predicted molar refractivity (Wildman–Crippen MR) is 37.3 cm³/mol. The molecule has 0 aliphatic heterocycles. The SMILES string of the molecule is CCOCC1=[C]([Ti+2])CC=C1.[Cl-].[Cl-]. The van der Waals surface area contributed by atoms with Gasteiger partial charge in [0.2, 0.25) is 0 Å². The number of ether oxygens (including phenoxy) is 1. The molecule has 0 bridgehead atoms. The summed E-state index contributed by atoms with van der Waals surface area (Å²) in [5, 5.41) is 0. The minimum Gasteiger partial charge on any atom is -1.00 e. The van der Waals surface area contributed by atoms with E-state index in [1.54, 1.807) is 0 Å². The summed E-state index contributed by atoms with van der Waals surface area (Å²) in [6.07, 6.45) is 5.46. The quantitative estimate of drug-likeness (QED) is 0.456. The van der Waals surface area contributed by atoms with E-state index in [0.717, 1.165) is 19.6 Å². The Kier molecular flexibility index (Phi) is 10.6. The minimum atomic E-state index is 0. The first kappa shape index (κ1) is 15.2. The Morgan fingerprint density at radius 2 is 2.17 bits per heavy atom. The molecule has 1 nitrogen and oxygen atoms in total. The van der Waals surface area contributed by atoms with Gasteiger partial charge in [-0.2, -0.15) is 0 Å². The molecule has 0 saturated carbocycles. The van der Waals surface area contributed by atoms with Gasteiger partial charge in [0.15, 0.2) is 0 Å². The van der Waals surface area contributed by atoms with Crippen molar-refractivity contribution >= 4 is 0 Å². The van der Waals surface area contributed by atoms with Gasteiger partial charge in [-0.1, -0.05) is 0 Å². The molecule has 12 heavy (non-hydrogen) atoms. The number of allylic oxidation sites excluding steroid dienone is 2. The summed E-state index contributed by atoms with van der Waals surface area (Å²) in [4.78, 5) is 0. The van der Waals surface area contributed by atoms with Gasteiger partial charge >= 0.3 is 73.3 Å². The molecule has 1 aliphatic carbocycles. The second kappa shape index (κ2) is 8.34. The van der Waals surface area contributed by atoms with Crippen molar-refractivity contribution in [2.24, 2.45) is 0 Å². The number of hydrogen-bond donors (Lipinski definition) is 0. The molecule has 1 aliphatic rings. The third-order valence-electron chi connectivity index (χ3n) is 1.49. The van der Waals surface area contributed by atoms with Crippen molar-refractivity contribution in [1.29, 1.82) is 0 Å². The first-order valence-electron chi connectivity index (χ1n) is 3.52. The van der Waals surface area contributed by atoms with Crippen molar-refractivity contribution in [3.8, 4) is 0 Å². The van der Waals surface area contributed by atoms with Gasteiger partial charge in [0, 0.05) is 0 Å². The predicted octanol–water partition coefficient (Wildman–Crippen LogP) is -4.21. The van der Waals surface area contributed by atoms with E-state index in [2.05, 4.69) is 32.6 Å². The second-order valence-electron chi connectivity index (χ2n) is 2.25. The van der Waals surface area contributed by atoms with Crippen LogP contribution in [0, 0.1) is 0 Å². The topological polar surface area (TPSA) is 9.23 Å². The smallest absolute Gasteiger partial charge is 1.00 e. The first-order chi connectivity index (χ1) is 4.84. The molecule has 0 radical (unpaired) electrons. The summed E-state index contributed by atoms with van der Waals surface area (Å²) in [6, 6.07) is 0. The van der Waals surface area contributed by atoms with Gasteiger partial charge in [-0.15, -0.1) is 0 Å². The van der Waals surface area contributed by atoms with E-state index in [1.807, 2.05) is 6.92 Å². The third kappa shape index (κ3) is 4.69. The van der Waals surface area contributed by atoms with Gasteiger partial charge < -0.3 is 24.8 Å². The zero-order valence-corrected chi connectivity index (χ0v) is 10.0. The van der Waals surface area contributed by atoms with E-state index in [9.17, 15) is 0 Å². The van der Waals surface area contributed by atoms with Gasteiger partial charge in [0.25, 0.3) is 0 Å². The molecule has 0 heterocycles. The zero-order chi connectivity index (χ0) is 7.40. The van der Waals surface area contributed by atoms with Gasteiger partial charge in [0.1, 0.15) is 0 Å². The minimum absolute atomic E-state index is 0. The third-order valence-corrected chi connectivity index (χ3v) is 2.31. The second-order valence-corrected chi connectivity index (χ2v) is 3.19. The maximum absolute atomic E-state index is 5.28. The van der Waals surface area contributed by atoms with Crippen molar-refractivity contribution in [3.05, 3.63) is 21.6 Å². The standard InChI is InChI=1S/C8H11O.2ClH.Ti/c1-2-9-7-8-5-3-4-6-8;;;/h3,5H,2,4,7H2,1H3;2*1H;/q;;;+2/p-2. The van der Waals surface area contributed by atoms with Crippen LogP contribution in [0.2, 0.25) is 0 Å². The van der Waals surface area contributed by atoms with Crippen LogP contribution in [0.1, 0.15) is 13.3 Å². The summed E-state index contributed by atoms with van der Waals surface area (Å²) in [6.45, 7) is 3.62. The van der Waals surface area contributed by atoms with Gasteiger partial charge in [-0.25, -0.2) is 0 Å². The van der Waals surface area contributed by atoms with Gasteiger partial charge in [-0.3, -0.25) is 0 Å². The van der Waals surface area contributed by atoms with Crippen LogP contribution in [0.25, 0.3) is 0 Å². The molecule has 0 spiro atoms. The molecule has 0 aromatic heterocycles. The van der Waals surface area contributed by atoms with E-state index < -0.39 is 0 Å². The maximum atomic E-state index is 5.28. The molecule has 0 atom stereocenters. The molecular weight excluding hydrogens is 231 g/mol. The van der Waals surface area contributed by atoms with Crippen molar-refractivity contribution in [3.63, 3.8) is 0 Å². The van der Waals surface area contributed by atoms with Crippen LogP contribution in [0.3, 0.4) is 0 Å². The molecule has 0 N–H and O–H groups in total. The molecule has 67 valence electrons. The molecule has 0 amide bonds. The van der Waals surface area contributed by atoms with Crippen molar-refractivity contribution in [2.75, 3.05) is 13.2 Å². The molecular formula is C8H11Cl2OTi. The largest absolute Gasteiger partial charge is 1.00 e. The molecule has 0 saturated heterocycles. The van der Waals surface area contributed by atoms with Gasteiger partial charge in [-0.05, 0) is 0 Å². The molecule has 4 heteroatoms. The molecule has 0 fully saturated rings. The monoisotopic (exact) mass is 241 g/mol. The normalized spacial score (nSPS) is 14.2. The van der Waals surface area contributed by atoms with E-state index in [0.29, 0.717) is 0 Å². The van der Waals surface area contributed by atoms with Crippen LogP contribution in [-0.2, 0) is 25.2 Å². The van der Waals surface area contributed by atoms with Crippen molar-refractivity contribution in [1.82, 2.24) is 0 Å². The molecule has 0 aromatic carbocycles. The summed E-state index contributed by atoms with van der Waals surface area (Å²) in [7, 11) is 0. The Labute approximate surface area is 97.9 Å². The summed E-state index contributed by atoms with van der Waals surface area (Å²) < 4.78 is 6.73. The number of rotatable bonds is 3. The maximum Gasteiger partial charge on any atom is -1.00 e. The summed E-state index contributed by atoms with van der Waals surface area (Å²) >= 11 is 2.16. The van der Waals surface area contributed by atoms with E-state index in [-0.39, 0.29) is 24.8 Å². The molecule has 1 rings (SSSR count). The average Bonchev–Trinajstić information content (AvgIpc) is 2.31. The number of hydrogen-bond acceptors (Lipinski definition) is 1. The van der Waals surface area contributed by atoms with E-state index in [4.69, 9.17) is 4.74 Å². The number of halogens is 2. The Hall–Kier alpha value is 0.734. The average molecular weight is 242 g/mol. The Balaban J connectivity index is 0. The van der Waals surface area contributed by atoms with Crippen LogP contribution < -0.4 is 24.8 Å². The Bertz CT molecular complexity index is 178. The molecule has 0 aromatic rings. The summed E-state index contributed by atoms with van der Waals surface area (Å²) in [5.74, 6) is 0. The van der Waals surface area contributed by atoms with Gasteiger partial charge in [0.05, 0.1) is 0 Å². The first-order valence-corrected chi connectivity index (χ1v) is 4.30. The fourth-order valence-corrected chi connectivity index (χ4v) is 1.32. The fourth-order valence-electron chi connectivity index (χ4n) is 0.898. The van der Waals surface area contributed by atoms with Crippen molar-refractivity contribution in [2.45, 2.75) is 13.3 Å². The Morgan fingerprint density at radius 1 is 1.50 bits per heavy atom. The summed E-state index contributed by atoms with van der Waals surface area (Å²) in [5.41, 5.74) is 1.36. The van der Waals surface area contributed by atoms with Crippen LogP contribution in [0.5, 0.6) is 0 Å². The zero-order valence-electron chi connectivity index (χ0n) is 6.94. The fraction of sp³-hybridized carbons (Fsp3) is 0.500. The van der Waals surface area contributed by atoms with Crippen LogP contribution in [0.4, 0.5) is 0 Å². The van der Waals surface area contributed by atoms with E-state index >= 15 is 0 Å². The Morgan fingerprint density at radius 3 is 2.58 bits per heavy atom. The van der Waals surface area contributed by atoms with Crippen molar-refractivity contribution < 1.29 is 50.0 Å². The van der Waals surface area contributed by atoms with Crippen LogP contribution in [-0.4, -0.2) is 13.2 Å². The molecule has 0 unspecified atom stereocenters. The van der Waals surface area contributed by atoms with Crippen LogP contribution in [0.15, 0.2) is 21.6 Å².